The summed E-state index contributed by atoms with van der Waals surface area (Å²) in [5, 5.41) is 25.8. The molecule has 0 bridgehead atoms. The predicted molar refractivity (Wildman–Crippen MR) is 42.6 cm³/mol. The van der Waals surface area contributed by atoms with Gasteiger partial charge in [0.1, 0.15) is 17.8 Å². The molecule has 1 rings (SSSR count). The zero-order valence-corrected chi connectivity index (χ0v) is 7.21. The lowest BCUT2D eigenvalue weighted by Gasteiger charge is -2.37. The molecule has 2 unspecified atom stereocenters. The zero-order chi connectivity index (χ0) is 11.7. The summed E-state index contributed by atoms with van der Waals surface area (Å²) in [7, 11) is 0. The molecule has 15 heavy (non-hydrogen) atoms. The van der Waals surface area contributed by atoms with Gasteiger partial charge in [0.15, 0.2) is 0 Å². The van der Waals surface area contributed by atoms with Gasteiger partial charge in [-0.2, -0.15) is 0 Å². The molecule has 1 aliphatic carbocycles. The van der Waals surface area contributed by atoms with Crippen LogP contribution >= 0.6 is 0 Å². The van der Waals surface area contributed by atoms with E-state index in [0.29, 0.717) is 0 Å². The lowest BCUT2D eigenvalue weighted by atomic mass is 9.61. The molecule has 0 aliphatic heterocycles. The average molecular weight is 214 g/mol. The third-order valence-electron chi connectivity index (χ3n) is 2.32. The van der Waals surface area contributed by atoms with Crippen LogP contribution in [0.1, 0.15) is 0 Å². The van der Waals surface area contributed by atoms with Crippen LogP contribution in [0.3, 0.4) is 0 Å². The highest BCUT2D eigenvalue weighted by Crippen LogP contribution is 2.44. The van der Waals surface area contributed by atoms with Crippen molar-refractivity contribution in [3.63, 3.8) is 0 Å². The molecule has 80 valence electrons. The predicted octanol–water partition coefficient (Wildman–Crippen LogP) is -1.14. The zero-order valence-electron chi connectivity index (χ0n) is 7.21. The summed E-state index contributed by atoms with van der Waals surface area (Å²) in [6.45, 7) is 0. The van der Waals surface area contributed by atoms with Gasteiger partial charge in [-0.05, 0) is 0 Å². The minimum Gasteiger partial charge on any atom is -0.481 e. The van der Waals surface area contributed by atoms with Crippen molar-refractivity contribution in [2.75, 3.05) is 0 Å². The number of aliphatic carboxylic acids is 3. The minimum absolute atomic E-state index is 0.526. The SMILES string of the molecule is O=C=C1C(C(=O)O)C(C(=O)O)C1C(=O)O. The van der Waals surface area contributed by atoms with Crippen LogP contribution in [0.15, 0.2) is 5.57 Å². The molecule has 0 heterocycles. The maximum Gasteiger partial charge on any atom is 0.312 e. The lowest BCUT2D eigenvalue weighted by Crippen LogP contribution is -2.52. The molecular weight excluding hydrogens is 208 g/mol. The molecule has 1 saturated carbocycles. The van der Waals surface area contributed by atoms with Crippen LogP contribution in [0, 0.1) is 17.8 Å². The molecule has 0 radical (unpaired) electrons. The third kappa shape index (κ3) is 1.49. The van der Waals surface area contributed by atoms with Crippen molar-refractivity contribution >= 4 is 23.8 Å². The fourth-order valence-electron chi connectivity index (χ4n) is 1.64. The molecule has 2 atom stereocenters. The first-order chi connectivity index (χ1) is 6.91. The molecule has 7 heteroatoms. The summed E-state index contributed by atoms with van der Waals surface area (Å²) >= 11 is 0. The van der Waals surface area contributed by atoms with E-state index < -0.39 is 41.2 Å². The number of carboxylic acid groups (broad SMARTS) is 3. The van der Waals surface area contributed by atoms with Crippen molar-refractivity contribution in [3.05, 3.63) is 5.57 Å². The fourth-order valence-corrected chi connectivity index (χ4v) is 1.64. The van der Waals surface area contributed by atoms with Gasteiger partial charge in [-0.15, -0.1) is 0 Å². The van der Waals surface area contributed by atoms with E-state index in [-0.39, 0.29) is 0 Å². The Labute approximate surface area is 82.6 Å². The summed E-state index contributed by atoms with van der Waals surface area (Å²) in [4.78, 5) is 42.1. The van der Waals surface area contributed by atoms with Crippen molar-refractivity contribution in [2.24, 2.45) is 17.8 Å². The Balaban J connectivity index is 3.12. The van der Waals surface area contributed by atoms with Gasteiger partial charge in [-0.25, -0.2) is 4.79 Å². The molecule has 7 nitrogen and oxygen atoms in total. The van der Waals surface area contributed by atoms with Crippen LogP contribution < -0.4 is 0 Å². The van der Waals surface area contributed by atoms with E-state index >= 15 is 0 Å². The van der Waals surface area contributed by atoms with Gasteiger partial charge in [0.2, 0.25) is 0 Å². The summed E-state index contributed by atoms with van der Waals surface area (Å²) in [6, 6.07) is 0. The van der Waals surface area contributed by atoms with E-state index in [1.807, 2.05) is 0 Å². The molecule has 3 N–H and O–H groups in total. The van der Waals surface area contributed by atoms with Gasteiger partial charge < -0.3 is 15.3 Å². The maximum atomic E-state index is 10.6. The number of carbonyl (C=O) groups is 3. The van der Waals surface area contributed by atoms with Crippen LogP contribution in [-0.2, 0) is 19.2 Å². The van der Waals surface area contributed by atoms with E-state index in [1.54, 1.807) is 0 Å². The number of carbonyl (C=O) groups excluding carboxylic acids is 1. The van der Waals surface area contributed by atoms with Crippen LogP contribution in [0.2, 0.25) is 0 Å². The first-order valence-electron chi connectivity index (χ1n) is 3.85. The largest absolute Gasteiger partial charge is 0.481 e. The Morgan fingerprint density at radius 3 is 1.53 bits per heavy atom. The van der Waals surface area contributed by atoms with Crippen LogP contribution in [-0.4, -0.2) is 39.2 Å². The van der Waals surface area contributed by atoms with Gasteiger partial charge in [0.05, 0.1) is 5.92 Å². The Bertz CT molecular complexity index is 366. The Morgan fingerprint density at radius 1 is 0.933 bits per heavy atom. The molecular formula is C8H6O7. The Morgan fingerprint density at radius 2 is 1.33 bits per heavy atom. The maximum absolute atomic E-state index is 10.6. The number of hydrogen-bond acceptors (Lipinski definition) is 4. The summed E-state index contributed by atoms with van der Waals surface area (Å²) < 4.78 is 0. The van der Waals surface area contributed by atoms with E-state index in [1.165, 1.54) is 5.94 Å². The second-order valence-corrected chi connectivity index (χ2v) is 3.05. The van der Waals surface area contributed by atoms with Gasteiger partial charge in [-0.1, -0.05) is 0 Å². The monoisotopic (exact) mass is 214 g/mol. The van der Waals surface area contributed by atoms with Crippen LogP contribution in [0.4, 0.5) is 0 Å². The highest BCUT2D eigenvalue weighted by Gasteiger charge is 2.58. The molecule has 0 aromatic rings. The van der Waals surface area contributed by atoms with Gasteiger partial charge in [-0.3, -0.25) is 14.4 Å². The van der Waals surface area contributed by atoms with Crippen molar-refractivity contribution in [3.8, 4) is 0 Å². The van der Waals surface area contributed by atoms with Crippen LogP contribution in [0.5, 0.6) is 0 Å². The van der Waals surface area contributed by atoms with E-state index in [9.17, 15) is 19.2 Å². The standard InChI is InChI=1S/C8H6O7/c9-1-2-3(6(10)11)5(8(14)15)4(2)7(12)13/h3-5H,(H,10,11)(H,12,13)(H,14,15). The van der Waals surface area contributed by atoms with Gasteiger partial charge in [0.25, 0.3) is 0 Å². The smallest absolute Gasteiger partial charge is 0.312 e. The van der Waals surface area contributed by atoms with Crippen molar-refractivity contribution < 1.29 is 34.5 Å². The number of hydrogen-bond donors (Lipinski definition) is 3. The van der Waals surface area contributed by atoms with Crippen molar-refractivity contribution in [1.82, 2.24) is 0 Å². The average Bonchev–Trinajstić information content (AvgIpc) is 1.99. The summed E-state index contributed by atoms with van der Waals surface area (Å²) in [5.41, 5.74) is -0.526. The van der Waals surface area contributed by atoms with Crippen LogP contribution in [0.25, 0.3) is 0 Å². The number of rotatable bonds is 3. The van der Waals surface area contributed by atoms with E-state index in [2.05, 4.69) is 0 Å². The lowest BCUT2D eigenvalue weighted by molar-refractivity contribution is -0.166. The second kappa shape index (κ2) is 3.55. The topological polar surface area (TPSA) is 129 Å². The summed E-state index contributed by atoms with van der Waals surface area (Å²) in [6.07, 6.45) is 0. The normalized spacial score (nSPS) is 28.8. The second-order valence-electron chi connectivity index (χ2n) is 3.05. The summed E-state index contributed by atoms with van der Waals surface area (Å²) in [5.74, 6) is -8.18. The Kier molecular flexibility index (Phi) is 2.59. The molecule has 0 amide bonds. The molecule has 1 aliphatic rings. The molecule has 0 aromatic carbocycles. The van der Waals surface area contributed by atoms with E-state index in [4.69, 9.17) is 15.3 Å². The van der Waals surface area contributed by atoms with Crippen molar-refractivity contribution in [1.29, 1.82) is 0 Å². The third-order valence-corrected chi connectivity index (χ3v) is 2.32. The van der Waals surface area contributed by atoms with Crippen molar-refractivity contribution in [2.45, 2.75) is 0 Å². The number of carboxylic acids is 3. The van der Waals surface area contributed by atoms with E-state index in [0.717, 1.165) is 0 Å². The molecule has 0 aromatic heterocycles. The fraction of sp³-hybridized carbons (Fsp3) is 0.375. The van der Waals surface area contributed by atoms with Gasteiger partial charge >= 0.3 is 17.9 Å². The Hall–Kier alpha value is -2.14. The molecule has 0 saturated heterocycles. The highest BCUT2D eigenvalue weighted by molar-refractivity contribution is 5.97. The van der Waals surface area contributed by atoms with Gasteiger partial charge in [0, 0.05) is 5.57 Å². The first kappa shape index (κ1) is 10.9. The molecule has 0 spiro atoms. The minimum atomic E-state index is -1.60. The molecule has 1 fully saturated rings. The first-order valence-corrected chi connectivity index (χ1v) is 3.85. The quantitative estimate of drug-likeness (QED) is 0.506. The highest BCUT2D eigenvalue weighted by atomic mass is 16.4.